The van der Waals surface area contributed by atoms with Crippen molar-refractivity contribution in [3.05, 3.63) is 54.4 Å². The maximum absolute atomic E-state index is 11.9. The van der Waals surface area contributed by atoms with Crippen molar-refractivity contribution in [2.45, 2.75) is 5.75 Å². The number of nitrogens with zero attached hydrogens (tertiary/aromatic N) is 2. The Bertz CT molecular complexity index is 709. The molecule has 3 aromatic rings. The van der Waals surface area contributed by atoms with Gasteiger partial charge in [0.1, 0.15) is 0 Å². The predicted octanol–water partition coefficient (Wildman–Crippen LogP) is 2.83. The largest absolute Gasteiger partial charge is 0.324 e. The fourth-order valence-corrected chi connectivity index (χ4v) is 2.65. The van der Waals surface area contributed by atoms with Crippen LogP contribution in [0.5, 0.6) is 0 Å². The second-order valence-electron chi connectivity index (χ2n) is 4.46. The average Bonchev–Trinajstić information content (AvgIpc) is 2.90. The van der Waals surface area contributed by atoms with Gasteiger partial charge in [-0.15, -0.1) is 11.8 Å². The molecule has 6 heteroatoms. The van der Waals surface area contributed by atoms with Gasteiger partial charge < -0.3 is 4.98 Å². The highest BCUT2D eigenvalue weighted by atomic mass is 32.2. The van der Waals surface area contributed by atoms with E-state index in [1.165, 1.54) is 11.8 Å². The normalized spacial score (nSPS) is 10.7. The Hall–Kier alpha value is -2.34. The standard InChI is InChI=1S/C15H14N4OS/c20-14(10-21-9-11-5-3-4-8-16-11)19-15-17-12-6-1-2-7-13(12)18-15/h1-8H,9-10H2,(H2,17,18,19,20). The van der Waals surface area contributed by atoms with Crippen LogP contribution in [0.2, 0.25) is 0 Å². The molecule has 0 unspecified atom stereocenters. The van der Waals surface area contributed by atoms with Gasteiger partial charge in [0.25, 0.3) is 0 Å². The zero-order valence-corrected chi connectivity index (χ0v) is 12.1. The van der Waals surface area contributed by atoms with Crippen LogP contribution in [0.25, 0.3) is 11.0 Å². The molecule has 2 heterocycles. The van der Waals surface area contributed by atoms with Crippen molar-refractivity contribution < 1.29 is 4.79 Å². The van der Waals surface area contributed by atoms with Crippen LogP contribution in [0.15, 0.2) is 48.7 Å². The number of pyridine rings is 1. The van der Waals surface area contributed by atoms with Gasteiger partial charge in [-0.3, -0.25) is 15.1 Å². The minimum Gasteiger partial charge on any atom is -0.324 e. The predicted molar refractivity (Wildman–Crippen MR) is 85.1 cm³/mol. The van der Waals surface area contributed by atoms with Crippen molar-refractivity contribution in [2.24, 2.45) is 0 Å². The molecule has 2 N–H and O–H groups in total. The van der Waals surface area contributed by atoms with Crippen LogP contribution in [0.4, 0.5) is 5.95 Å². The molecular weight excluding hydrogens is 284 g/mol. The fraction of sp³-hybridized carbons (Fsp3) is 0.133. The first-order valence-corrected chi connectivity index (χ1v) is 7.69. The lowest BCUT2D eigenvalue weighted by molar-refractivity contribution is -0.113. The van der Waals surface area contributed by atoms with E-state index in [4.69, 9.17) is 0 Å². The molecule has 106 valence electrons. The highest BCUT2D eigenvalue weighted by Crippen LogP contribution is 2.14. The van der Waals surface area contributed by atoms with E-state index in [2.05, 4.69) is 20.3 Å². The average molecular weight is 298 g/mol. The monoisotopic (exact) mass is 298 g/mol. The number of thioether (sulfide) groups is 1. The summed E-state index contributed by atoms with van der Waals surface area (Å²) in [5, 5.41) is 2.77. The number of aromatic amines is 1. The van der Waals surface area contributed by atoms with Crippen molar-refractivity contribution in [1.82, 2.24) is 15.0 Å². The summed E-state index contributed by atoms with van der Waals surface area (Å²) in [6.45, 7) is 0. The molecule has 0 saturated heterocycles. The van der Waals surface area contributed by atoms with E-state index in [0.29, 0.717) is 17.5 Å². The molecule has 1 aromatic carbocycles. The van der Waals surface area contributed by atoms with E-state index in [9.17, 15) is 4.79 Å². The van der Waals surface area contributed by atoms with Gasteiger partial charge in [0.05, 0.1) is 22.5 Å². The van der Waals surface area contributed by atoms with Gasteiger partial charge in [0.15, 0.2) is 0 Å². The number of imidazole rings is 1. The molecule has 0 bridgehead atoms. The summed E-state index contributed by atoms with van der Waals surface area (Å²) in [4.78, 5) is 23.5. The number of hydrogen-bond acceptors (Lipinski definition) is 4. The van der Waals surface area contributed by atoms with Crippen LogP contribution in [0, 0.1) is 0 Å². The van der Waals surface area contributed by atoms with E-state index in [-0.39, 0.29) is 5.91 Å². The number of aromatic nitrogens is 3. The number of nitrogens with one attached hydrogen (secondary N) is 2. The molecule has 1 amide bonds. The first-order valence-electron chi connectivity index (χ1n) is 6.53. The smallest absolute Gasteiger partial charge is 0.236 e. The number of carbonyl (C=O) groups is 1. The number of fused-ring (bicyclic) bond motifs is 1. The second-order valence-corrected chi connectivity index (χ2v) is 5.45. The zero-order valence-electron chi connectivity index (χ0n) is 11.2. The molecule has 0 aliphatic rings. The van der Waals surface area contributed by atoms with Crippen molar-refractivity contribution in [2.75, 3.05) is 11.1 Å². The number of benzene rings is 1. The molecule has 0 fully saturated rings. The van der Waals surface area contributed by atoms with Gasteiger partial charge in [-0.25, -0.2) is 4.98 Å². The third-order valence-electron chi connectivity index (χ3n) is 2.86. The highest BCUT2D eigenvalue weighted by Gasteiger charge is 2.07. The molecule has 0 atom stereocenters. The molecule has 0 aliphatic heterocycles. The number of amides is 1. The molecule has 0 saturated carbocycles. The van der Waals surface area contributed by atoms with E-state index in [0.717, 1.165) is 16.7 Å². The van der Waals surface area contributed by atoms with Crippen LogP contribution in [0.3, 0.4) is 0 Å². The maximum atomic E-state index is 11.9. The molecule has 21 heavy (non-hydrogen) atoms. The molecule has 5 nitrogen and oxygen atoms in total. The van der Waals surface area contributed by atoms with Crippen LogP contribution < -0.4 is 5.32 Å². The van der Waals surface area contributed by atoms with Gasteiger partial charge in [0.2, 0.25) is 11.9 Å². The van der Waals surface area contributed by atoms with Crippen molar-refractivity contribution in [3.63, 3.8) is 0 Å². The Morgan fingerprint density at radius 3 is 2.86 bits per heavy atom. The summed E-state index contributed by atoms with van der Waals surface area (Å²) in [6, 6.07) is 13.4. The highest BCUT2D eigenvalue weighted by molar-refractivity contribution is 7.99. The minimum absolute atomic E-state index is 0.0741. The maximum Gasteiger partial charge on any atom is 0.236 e. The number of carbonyl (C=O) groups excluding carboxylic acids is 1. The summed E-state index contributed by atoms with van der Waals surface area (Å²) in [7, 11) is 0. The van der Waals surface area contributed by atoms with Gasteiger partial charge in [-0.05, 0) is 24.3 Å². The van der Waals surface area contributed by atoms with Gasteiger partial charge in [-0.1, -0.05) is 18.2 Å². The quantitative estimate of drug-likeness (QED) is 0.760. The van der Waals surface area contributed by atoms with Crippen molar-refractivity contribution in [1.29, 1.82) is 0 Å². The van der Waals surface area contributed by atoms with Crippen LogP contribution in [0.1, 0.15) is 5.69 Å². The molecular formula is C15H14N4OS. The fourth-order valence-electron chi connectivity index (χ4n) is 1.91. The summed E-state index contributed by atoms with van der Waals surface area (Å²) in [5.41, 5.74) is 2.72. The summed E-state index contributed by atoms with van der Waals surface area (Å²) in [6.07, 6.45) is 1.75. The summed E-state index contributed by atoms with van der Waals surface area (Å²) >= 11 is 1.52. The third kappa shape index (κ3) is 3.61. The lowest BCUT2D eigenvalue weighted by Crippen LogP contribution is -2.15. The first-order chi connectivity index (χ1) is 10.3. The van der Waals surface area contributed by atoms with Gasteiger partial charge >= 0.3 is 0 Å². The number of rotatable bonds is 5. The Morgan fingerprint density at radius 1 is 1.19 bits per heavy atom. The van der Waals surface area contributed by atoms with E-state index in [1.54, 1.807) is 6.20 Å². The molecule has 3 rings (SSSR count). The molecule has 2 aromatic heterocycles. The Labute approximate surface area is 126 Å². The van der Waals surface area contributed by atoms with E-state index in [1.807, 2.05) is 42.5 Å². The van der Waals surface area contributed by atoms with E-state index >= 15 is 0 Å². The number of H-pyrrole nitrogens is 1. The van der Waals surface area contributed by atoms with Crippen molar-refractivity contribution in [3.8, 4) is 0 Å². The second kappa shape index (κ2) is 6.41. The lowest BCUT2D eigenvalue weighted by atomic mass is 10.3. The SMILES string of the molecule is O=C(CSCc1ccccn1)Nc1nc2ccccc2[nH]1. The topological polar surface area (TPSA) is 70.7 Å². The number of hydrogen-bond donors (Lipinski definition) is 2. The van der Waals surface area contributed by atoms with Gasteiger partial charge in [-0.2, -0.15) is 0 Å². The summed E-state index contributed by atoms with van der Waals surface area (Å²) < 4.78 is 0. The third-order valence-corrected chi connectivity index (χ3v) is 3.82. The molecule has 0 aliphatic carbocycles. The Morgan fingerprint density at radius 2 is 2.05 bits per heavy atom. The summed E-state index contributed by atoms with van der Waals surface area (Å²) in [5.74, 6) is 1.50. The number of anilines is 1. The van der Waals surface area contributed by atoms with Crippen molar-refractivity contribution >= 4 is 34.7 Å². The van der Waals surface area contributed by atoms with Crippen LogP contribution in [-0.2, 0) is 10.5 Å². The van der Waals surface area contributed by atoms with Crippen LogP contribution in [-0.4, -0.2) is 26.6 Å². The van der Waals surface area contributed by atoms with E-state index < -0.39 is 0 Å². The minimum atomic E-state index is -0.0741. The lowest BCUT2D eigenvalue weighted by Gasteiger charge is -2.02. The van der Waals surface area contributed by atoms with Crippen LogP contribution >= 0.6 is 11.8 Å². The Kier molecular flexibility index (Phi) is 4.16. The zero-order chi connectivity index (χ0) is 14.5. The molecule has 0 spiro atoms. The number of para-hydroxylation sites is 2. The van der Waals surface area contributed by atoms with Gasteiger partial charge in [0, 0.05) is 11.9 Å². The molecule has 0 radical (unpaired) electrons. The first kappa shape index (κ1) is 13.6. The Balaban J connectivity index is 1.52.